The van der Waals surface area contributed by atoms with Crippen molar-refractivity contribution in [3.05, 3.63) is 54.0 Å². The molecule has 0 aliphatic heterocycles. The highest BCUT2D eigenvalue weighted by molar-refractivity contribution is 5.77. The Hall–Kier alpha value is -4.03. The molecule has 0 radical (unpaired) electrons. The van der Waals surface area contributed by atoms with E-state index in [1.165, 1.54) is 31.3 Å². The number of rotatable bonds is 6. The Labute approximate surface area is 201 Å². The number of nitrogen functional groups attached to an aromatic ring is 1. The summed E-state index contributed by atoms with van der Waals surface area (Å²) in [6.45, 7) is 2.92. The number of carbonyl (C=O) groups excluding carboxylic acids is 1. The average Bonchev–Trinajstić information content (AvgIpc) is 3.43. The molecule has 13 heteroatoms. The van der Waals surface area contributed by atoms with Crippen LogP contribution in [0.15, 0.2) is 42.9 Å². The minimum absolute atomic E-state index is 0.100. The van der Waals surface area contributed by atoms with Crippen LogP contribution < -0.4 is 5.73 Å². The van der Waals surface area contributed by atoms with Crippen molar-refractivity contribution >= 4 is 17.4 Å². The Morgan fingerprint density at radius 1 is 1.19 bits per heavy atom. The van der Waals surface area contributed by atoms with Gasteiger partial charge in [0.2, 0.25) is 0 Å². The van der Waals surface area contributed by atoms with E-state index in [0.717, 1.165) is 0 Å². The van der Waals surface area contributed by atoms with Gasteiger partial charge in [-0.3, -0.25) is 9.08 Å². The molecule has 0 saturated carbocycles. The maximum Gasteiger partial charge on any atom is 0.490 e. The van der Waals surface area contributed by atoms with Gasteiger partial charge in [0, 0.05) is 30.6 Å². The van der Waals surface area contributed by atoms with Gasteiger partial charge >= 0.3 is 12.1 Å². The normalized spacial score (nSPS) is 13.8. The predicted octanol–water partition coefficient (Wildman–Crippen LogP) is 4.66. The molecule has 36 heavy (non-hydrogen) atoms. The zero-order valence-electron chi connectivity index (χ0n) is 19.3. The number of anilines is 1. The summed E-state index contributed by atoms with van der Waals surface area (Å²) in [6.07, 6.45) is -4.79. The number of nitrogens with two attached hydrogens (primary N) is 1. The first kappa shape index (κ1) is 25.1. The molecule has 0 aliphatic carbocycles. The lowest BCUT2D eigenvalue weighted by molar-refractivity contribution is -0.229. The molecule has 0 amide bonds. The van der Waals surface area contributed by atoms with Gasteiger partial charge in [0.15, 0.2) is 17.1 Å². The fourth-order valence-electron chi connectivity index (χ4n) is 4.00. The molecular formula is C23H21F5N6O2. The number of hydrogen-bond donors (Lipinski definition) is 1. The number of nitrogens with zero attached hydrogens (tertiary/aromatic N) is 5. The number of alkyl halides is 5. The summed E-state index contributed by atoms with van der Waals surface area (Å²) in [6, 6.07) is 5.69. The quantitative estimate of drug-likeness (QED) is 0.300. The van der Waals surface area contributed by atoms with Crippen molar-refractivity contribution in [1.29, 1.82) is 0 Å². The van der Waals surface area contributed by atoms with E-state index in [1.807, 2.05) is 0 Å². The first-order chi connectivity index (χ1) is 16.9. The van der Waals surface area contributed by atoms with Crippen LogP contribution in [0.2, 0.25) is 0 Å². The molecule has 0 saturated heterocycles. The number of carbonyl (C=O) groups is 1. The molecule has 4 rings (SSSR count). The van der Waals surface area contributed by atoms with Gasteiger partial charge in [0.1, 0.15) is 5.69 Å². The van der Waals surface area contributed by atoms with Crippen LogP contribution in [0, 0.1) is 6.92 Å². The Kier molecular flexibility index (Phi) is 6.18. The Morgan fingerprint density at radius 3 is 2.50 bits per heavy atom. The van der Waals surface area contributed by atoms with Crippen molar-refractivity contribution < 1.29 is 31.5 Å². The standard InChI is InChI=1S/C23H21F5N6O2/c1-4-22(20(24)25,36-21(35)23(26,27)28)13-6-5-12(2)14(9-13)17-10-30-19-18(29)32-15(11-34(17)19)16-7-8-31-33(16)3/h5-11,20H,4H2,1-3H3,(H2,29,32). The van der Waals surface area contributed by atoms with Crippen molar-refractivity contribution in [1.82, 2.24) is 24.1 Å². The minimum atomic E-state index is -5.43. The molecule has 0 bridgehead atoms. The summed E-state index contributed by atoms with van der Waals surface area (Å²) >= 11 is 0. The van der Waals surface area contributed by atoms with Crippen molar-refractivity contribution in [3.8, 4) is 22.6 Å². The van der Waals surface area contributed by atoms with Gasteiger partial charge in [-0.25, -0.2) is 23.5 Å². The van der Waals surface area contributed by atoms with Gasteiger partial charge in [-0.15, -0.1) is 0 Å². The van der Waals surface area contributed by atoms with Crippen molar-refractivity contribution in [3.63, 3.8) is 0 Å². The zero-order chi connectivity index (χ0) is 26.4. The summed E-state index contributed by atoms with van der Waals surface area (Å²) in [4.78, 5) is 20.2. The van der Waals surface area contributed by atoms with Crippen molar-refractivity contribution in [2.24, 2.45) is 7.05 Å². The number of ether oxygens (including phenoxy) is 1. The number of halogens is 5. The number of aryl methyl sites for hydroxylation is 2. The second-order valence-electron chi connectivity index (χ2n) is 8.15. The summed E-state index contributed by atoms with van der Waals surface area (Å²) in [5.41, 5.74) is 5.82. The smallest absolute Gasteiger partial charge is 0.441 e. The number of aromatic nitrogens is 5. The fraction of sp³-hybridized carbons (Fsp3) is 0.304. The Balaban J connectivity index is 1.90. The third kappa shape index (κ3) is 4.14. The van der Waals surface area contributed by atoms with Crippen molar-refractivity contribution in [2.45, 2.75) is 38.5 Å². The number of hydrogen-bond acceptors (Lipinski definition) is 6. The molecule has 0 aliphatic rings. The van der Waals surface area contributed by atoms with Gasteiger partial charge in [0.05, 0.1) is 17.6 Å². The summed E-state index contributed by atoms with van der Waals surface area (Å²) in [5.74, 6) is -2.59. The Bertz CT molecular complexity index is 1440. The van der Waals surface area contributed by atoms with Crippen LogP contribution in [0.1, 0.15) is 24.5 Å². The van der Waals surface area contributed by atoms with E-state index in [0.29, 0.717) is 33.9 Å². The third-order valence-corrected chi connectivity index (χ3v) is 5.99. The van der Waals surface area contributed by atoms with Crippen LogP contribution in [0.4, 0.5) is 27.8 Å². The van der Waals surface area contributed by atoms with E-state index in [9.17, 15) is 26.7 Å². The summed E-state index contributed by atoms with van der Waals surface area (Å²) in [5, 5.41) is 4.11. The summed E-state index contributed by atoms with van der Waals surface area (Å²) < 4.78 is 74.8. The molecule has 0 fully saturated rings. The van der Waals surface area contributed by atoms with E-state index in [1.54, 1.807) is 41.5 Å². The van der Waals surface area contributed by atoms with Gasteiger partial charge in [-0.1, -0.05) is 19.1 Å². The van der Waals surface area contributed by atoms with Crippen molar-refractivity contribution in [2.75, 3.05) is 5.73 Å². The van der Waals surface area contributed by atoms with E-state index in [2.05, 4.69) is 19.8 Å². The van der Waals surface area contributed by atoms with Crippen LogP contribution in [-0.2, 0) is 22.2 Å². The molecule has 1 atom stereocenters. The first-order valence-corrected chi connectivity index (χ1v) is 10.7. The van der Waals surface area contributed by atoms with E-state index < -0.39 is 30.6 Å². The fourth-order valence-corrected chi connectivity index (χ4v) is 4.00. The number of esters is 1. The lowest BCUT2D eigenvalue weighted by atomic mass is 9.88. The second kappa shape index (κ2) is 8.88. The molecule has 8 nitrogen and oxygen atoms in total. The van der Waals surface area contributed by atoms with Gasteiger partial charge in [-0.2, -0.15) is 18.3 Å². The molecule has 4 aromatic rings. The highest BCUT2D eigenvalue weighted by Gasteiger charge is 2.51. The first-order valence-electron chi connectivity index (χ1n) is 10.7. The molecule has 3 aromatic heterocycles. The topological polar surface area (TPSA) is 100 Å². The van der Waals surface area contributed by atoms with Gasteiger partial charge in [0.25, 0.3) is 6.43 Å². The molecular weight excluding hydrogens is 487 g/mol. The predicted molar refractivity (Wildman–Crippen MR) is 120 cm³/mol. The molecule has 1 unspecified atom stereocenters. The van der Waals surface area contributed by atoms with Crippen LogP contribution in [0.25, 0.3) is 28.3 Å². The molecule has 0 spiro atoms. The lowest BCUT2D eigenvalue weighted by Gasteiger charge is -2.33. The zero-order valence-corrected chi connectivity index (χ0v) is 19.3. The van der Waals surface area contributed by atoms with Crippen LogP contribution in [0.3, 0.4) is 0 Å². The SMILES string of the molecule is CCC(OC(=O)C(F)(F)F)(c1ccc(C)c(-c2cnc3c(N)nc(-c4ccnn4C)cn23)c1)C(F)F. The number of fused-ring (bicyclic) bond motifs is 1. The molecule has 3 heterocycles. The largest absolute Gasteiger partial charge is 0.490 e. The van der Waals surface area contributed by atoms with E-state index in [4.69, 9.17) is 5.73 Å². The number of benzene rings is 1. The summed E-state index contributed by atoms with van der Waals surface area (Å²) in [7, 11) is 1.72. The second-order valence-corrected chi connectivity index (χ2v) is 8.15. The molecule has 2 N–H and O–H groups in total. The Morgan fingerprint density at radius 2 is 1.92 bits per heavy atom. The monoisotopic (exact) mass is 508 g/mol. The van der Waals surface area contributed by atoms with Crippen LogP contribution >= 0.6 is 0 Å². The van der Waals surface area contributed by atoms with E-state index >= 15 is 0 Å². The highest BCUT2D eigenvalue weighted by atomic mass is 19.4. The highest BCUT2D eigenvalue weighted by Crippen LogP contribution is 2.40. The van der Waals surface area contributed by atoms with E-state index in [-0.39, 0.29) is 11.4 Å². The van der Waals surface area contributed by atoms with Crippen LogP contribution in [0.5, 0.6) is 0 Å². The molecule has 190 valence electrons. The van der Waals surface area contributed by atoms with Crippen LogP contribution in [-0.4, -0.2) is 42.7 Å². The molecule has 1 aromatic carbocycles. The maximum absolute atomic E-state index is 14.2. The minimum Gasteiger partial charge on any atom is -0.441 e. The maximum atomic E-state index is 14.2. The number of imidazole rings is 1. The third-order valence-electron chi connectivity index (χ3n) is 5.99. The average molecular weight is 508 g/mol. The van der Waals surface area contributed by atoms with Gasteiger partial charge in [-0.05, 0) is 31.0 Å². The lowest BCUT2D eigenvalue weighted by Crippen LogP contribution is -2.42. The van der Waals surface area contributed by atoms with Gasteiger partial charge < -0.3 is 10.5 Å².